The van der Waals surface area contributed by atoms with Crippen molar-refractivity contribution in [1.82, 2.24) is 5.32 Å². The Kier molecular flexibility index (Phi) is 3.28. The van der Waals surface area contributed by atoms with Crippen molar-refractivity contribution < 1.29 is 4.79 Å². The molecule has 0 heterocycles. The van der Waals surface area contributed by atoms with Crippen LogP contribution in [0, 0.1) is 0 Å². The first-order chi connectivity index (χ1) is 3.72. The van der Waals surface area contributed by atoms with E-state index < -0.39 is 0 Å². The van der Waals surface area contributed by atoms with Gasteiger partial charge in [0, 0.05) is 7.05 Å². The molecule has 0 radical (unpaired) electrons. The van der Waals surface area contributed by atoms with E-state index in [-0.39, 0.29) is 10.9 Å². The summed E-state index contributed by atoms with van der Waals surface area (Å²) in [5.74, 6) is -0.242. The van der Waals surface area contributed by atoms with Gasteiger partial charge in [0.2, 0.25) is 0 Å². The zero-order valence-corrected chi connectivity index (χ0v) is 5.62. The highest BCUT2D eigenvalue weighted by Gasteiger charge is 1.98. The van der Waals surface area contributed by atoms with Gasteiger partial charge in [-0.1, -0.05) is 17.7 Å². The number of hydrogen-bond donors (Lipinski definition) is 1. The summed E-state index contributed by atoms with van der Waals surface area (Å²) in [5, 5.41) is 2.61. The average Bonchev–Trinajstić information content (AvgIpc) is 1.84. The van der Waals surface area contributed by atoms with Crippen molar-refractivity contribution in [2.45, 2.75) is 6.92 Å². The lowest BCUT2D eigenvalue weighted by atomic mass is 10.5. The van der Waals surface area contributed by atoms with E-state index in [1.54, 1.807) is 13.0 Å². The minimum atomic E-state index is -0.242. The molecule has 0 spiro atoms. The number of nitrogens with one attached hydrogen (secondary N) is 1. The van der Waals surface area contributed by atoms with Gasteiger partial charge in [0.15, 0.2) is 0 Å². The quantitative estimate of drug-likeness (QED) is 0.529. The molecule has 0 saturated carbocycles. The smallest absolute Gasteiger partial charge is 0.262 e. The predicted octanol–water partition coefficient (Wildman–Crippen LogP) is 0.875. The highest BCUT2D eigenvalue weighted by atomic mass is 35.5. The van der Waals surface area contributed by atoms with Gasteiger partial charge in [0.25, 0.3) is 5.91 Å². The van der Waals surface area contributed by atoms with E-state index in [2.05, 4.69) is 5.32 Å². The summed E-state index contributed by atoms with van der Waals surface area (Å²) in [6.45, 7) is 1.71. The van der Waals surface area contributed by atoms with E-state index in [0.29, 0.717) is 0 Å². The van der Waals surface area contributed by atoms with Crippen LogP contribution >= 0.6 is 11.6 Å². The number of carbonyl (C=O) groups excluding carboxylic acids is 1. The van der Waals surface area contributed by atoms with E-state index in [1.165, 1.54) is 7.05 Å². The van der Waals surface area contributed by atoms with Crippen LogP contribution in [0.5, 0.6) is 0 Å². The number of rotatable bonds is 1. The van der Waals surface area contributed by atoms with E-state index >= 15 is 0 Å². The van der Waals surface area contributed by atoms with Crippen molar-refractivity contribution in [3.05, 3.63) is 11.1 Å². The Hall–Kier alpha value is -0.500. The molecule has 0 atom stereocenters. The van der Waals surface area contributed by atoms with Crippen LogP contribution in [0.4, 0.5) is 0 Å². The van der Waals surface area contributed by atoms with Crippen LogP contribution in [-0.2, 0) is 4.79 Å². The summed E-state index contributed by atoms with van der Waals surface area (Å²) in [7, 11) is 1.54. The molecule has 0 aliphatic carbocycles. The molecule has 0 saturated heterocycles. The molecule has 3 heteroatoms. The molecule has 0 aromatic carbocycles. The zero-order valence-electron chi connectivity index (χ0n) is 4.86. The summed E-state index contributed by atoms with van der Waals surface area (Å²) in [6.07, 6.45) is 1.54. The fourth-order valence-electron chi connectivity index (χ4n) is 0.251. The number of halogens is 1. The molecule has 2 nitrogen and oxygen atoms in total. The van der Waals surface area contributed by atoms with Crippen molar-refractivity contribution in [3.8, 4) is 0 Å². The van der Waals surface area contributed by atoms with Gasteiger partial charge in [0.1, 0.15) is 5.03 Å². The van der Waals surface area contributed by atoms with Gasteiger partial charge >= 0.3 is 0 Å². The molecule has 8 heavy (non-hydrogen) atoms. The summed E-state index contributed by atoms with van der Waals surface area (Å²) in [4.78, 5) is 10.4. The first-order valence-electron chi connectivity index (χ1n) is 2.26. The predicted molar refractivity (Wildman–Crippen MR) is 33.7 cm³/mol. The van der Waals surface area contributed by atoms with Crippen LogP contribution in [-0.4, -0.2) is 13.0 Å². The van der Waals surface area contributed by atoms with Crippen LogP contribution in [0.3, 0.4) is 0 Å². The molecule has 0 bridgehead atoms. The Bertz CT molecular complexity index is 120. The fourth-order valence-corrected chi connectivity index (χ4v) is 0.345. The van der Waals surface area contributed by atoms with Gasteiger partial charge in [-0.25, -0.2) is 0 Å². The Morgan fingerprint density at radius 1 is 1.75 bits per heavy atom. The third-order valence-electron chi connectivity index (χ3n) is 0.697. The standard InChI is InChI=1S/C5H8ClNO/c1-3-4(6)5(8)7-2/h3H,1-2H3,(H,7,8)/b4-3+. The van der Waals surface area contributed by atoms with Gasteiger partial charge in [0.05, 0.1) is 0 Å². The second-order valence-corrected chi connectivity index (χ2v) is 1.62. The Labute approximate surface area is 53.5 Å². The molecule has 0 aliphatic rings. The monoisotopic (exact) mass is 133 g/mol. The van der Waals surface area contributed by atoms with Gasteiger partial charge in [-0.3, -0.25) is 4.79 Å². The number of amides is 1. The fraction of sp³-hybridized carbons (Fsp3) is 0.400. The second-order valence-electron chi connectivity index (χ2n) is 1.22. The number of carbonyl (C=O) groups is 1. The topological polar surface area (TPSA) is 29.1 Å². The van der Waals surface area contributed by atoms with Crippen molar-refractivity contribution in [2.75, 3.05) is 7.05 Å². The maximum absolute atomic E-state index is 10.4. The summed E-state index contributed by atoms with van der Waals surface area (Å²) >= 11 is 5.36. The van der Waals surface area contributed by atoms with Gasteiger partial charge in [-0.15, -0.1) is 0 Å². The maximum Gasteiger partial charge on any atom is 0.262 e. The third kappa shape index (κ3) is 1.98. The van der Waals surface area contributed by atoms with Gasteiger partial charge in [-0.05, 0) is 6.92 Å². The highest BCUT2D eigenvalue weighted by Crippen LogP contribution is 1.97. The molecule has 0 aromatic heterocycles. The summed E-state index contributed by atoms with van der Waals surface area (Å²) in [5.41, 5.74) is 0. The second kappa shape index (κ2) is 3.50. The van der Waals surface area contributed by atoms with Crippen LogP contribution < -0.4 is 5.32 Å². The molecule has 0 aromatic rings. The SMILES string of the molecule is C/C=C(/Cl)C(=O)NC. The molecule has 0 aliphatic heterocycles. The summed E-state index contributed by atoms with van der Waals surface area (Å²) in [6, 6.07) is 0. The Balaban J connectivity index is 3.83. The molecule has 0 fully saturated rings. The number of hydrogen-bond acceptors (Lipinski definition) is 1. The van der Waals surface area contributed by atoms with Crippen molar-refractivity contribution in [3.63, 3.8) is 0 Å². The normalized spacial score (nSPS) is 11.1. The van der Waals surface area contributed by atoms with Crippen LogP contribution in [0.1, 0.15) is 6.92 Å². The van der Waals surface area contributed by atoms with Crippen molar-refractivity contribution >= 4 is 17.5 Å². The van der Waals surface area contributed by atoms with Crippen LogP contribution in [0.2, 0.25) is 0 Å². The first kappa shape index (κ1) is 7.50. The van der Waals surface area contributed by atoms with E-state index in [0.717, 1.165) is 0 Å². The van der Waals surface area contributed by atoms with Crippen molar-refractivity contribution in [1.29, 1.82) is 0 Å². The zero-order chi connectivity index (χ0) is 6.57. The highest BCUT2D eigenvalue weighted by molar-refractivity contribution is 6.42. The lowest BCUT2D eigenvalue weighted by Crippen LogP contribution is -2.17. The molecule has 0 unspecified atom stereocenters. The third-order valence-corrected chi connectivity index (χ3v) is 1.09. The lowest BCUT2D eigenvalue weighted by Gasteiger charge is -1.92. The van der Waals surface area contributed by atoms with Crippen LogP contribution in [0.25, 0.3) is 0 Å². The van der Waals surface area contributed by atoms with Crippen molar-refractivity contribution in [2.24, 2.45) is 0 Å². The minimum absolute atomic E-state index is 0.229. The molecule has 46 valence electrons. The molecule has 1 N–H and O–H groups in total. The molecule has 1 amide bonds. The Morgan fingerprint density at radius 2 is 2.25 bits per heavy atom. The van der Waals surface area contributed by atoms with Gasteiger partial charge in [-0.2, -0.15) is 0 Å². The molecule has 0 rings (SSSR count). The molecular formula is C5H8ClNO. The van der Waals surface area contributed by atoms with E-state index in [4.69, 9.17) is 11.6 Å². The molecular weight excluding hydrogens is 126 g/mol. The van der Waals surface area contributed by atoms with E-state index in [9.17, 15) is 4.79 Å². The number of likely N-dealkylation sites (N-methyl/N-ethyl adjacent to an activating group) is 1. The lowest BCUT2D eigenvalue weighted by molar-refractivity contribution is -0.116. The largest absolute Gasteiger partial charge is 0.354 e. The van der Waals surface area contributed by atoms with Crippen LogP contribution in [0.15, 0.2) is 11.1 Å². The summed E-state index contributed by atoms with van der Waals surface area (Å²) < 4.78 is 0. The number of allylic oxidation sites excluding steroid dienone is 1. The Morgan fingerprint density at radius 3 is 2.38 bits per heavy atom. The first-order valence-corrected chi connectivity index (χ1v) is 2.64. The maximum atomic E-state index is 10.4. The minimum Gasteiger partial charge on any atom is -0.354 e. The average molecular weight is 134 g/mol. The van der Waals surface area contributed by atoms with E-state index in [1.807, 2.05) is 0 Å². The van der Waals surface area contributed by atoms with Gasteiger partial charge < -0.3 is 5.32 Å².